The highest BCUT2D eigenvalue weighted by Gasteiger charge is 2.36. The molecule has 0 aliphatic carbocycles. The summed E-state index contributed by atoms with van der Waals surface area (Å²) in [7, 11) is 0. The van der Waals surface area contributed by atoms with Gasteiger partial charge in [-0.05, 0) is 18.6 Å². The number of piperidine rings is 1. The normalized spacial score (nSPS) is 22.0. The van der Waals surface area contributed by atoms with E-state index in [9.17, 15) is 18.4 Å². The fraction of sp³-hybridized carbons (Fsp3) is 0.355. The third kappa shape index (κ3) is 4.33. The minimum absolute atomic E-state index is 0.123. The lowest BCUT2D eigenvalue weighted by Gasteiger charge is -2.34. The summed E-state index contributed by atoms with van der Waals surface area (Å²) in [5, 5.41) is 4.33. The number of para-hydroxylation sites is 2. The van der Waals surface area contributed by atoms with Gasteiger partial charge in [0.2, 0.25) is 0 Å². The van der Waals surface area contributed by atoms with Gasteiger partial charge in [0.05, 0.1) is 23.9 Å². The smallest absolute Gasteiger partial charge is 0.259 e. The average molecular weight is 545 g/mol. The molecule has 1 fully saturated rings. The predicted octanol–water partition coefficient (Wildman–Crippen LogP) is 4.68. The number of alkyl halides is 2. The topological polar surface area (TPSA) is 68.5 Å². The molecule has 3 aliphatic rings. The van der Waals surface area contributed by atoms with E-state index in [1.807, 2.05) is 60.9 Å². The van der Waals surface area contributed by atoms with E-state index in [0.717, 1.165) is 27.4 Å². The summed E-state index contributed by atoms with van der Waals surface area (Å²) in [6.07, 6.45) is 4.19. The van der Waals surface area contributed by atoms with Crippen LogP contribution in [-0.2, 0) is 27.4 Å². The molecule has 4 bridgehead atoms. The molecule has 2 aromatic carbocycles. The van der Waals surface area contributed by atoms with Gasteiger partial charge in [-0.25, -0.2) is 8.78 Å². The Morgan fingerprint density at radius 3 is 1.95 bits per heavy atom. The number of ether oxygens (including phenoxy) is 1. The number of rotatable bonds is 2. The third-order valence-corrected chi connectivity index (χ3v) is 8.47. The van der Waals surface area contributed by atoms with E-state index in [1.54, 1.807) is 0 Å². The van der Waals surface area contributed by atoms with Crippen LogP contribution in [0.15, 0.2) is 60.9 Å². The van der Waals surface area contributed by atoms with Crippen LogP contribution in [0.1, 0.15) is 30.4 Å². The maximum absolute atomic E-state index is 13.8. The Labute approximate surface area is 230 Å². The fourth-order valence-electron chi connectivity index (χ4n) is 6.41. The van der Waals surface area contributed by atoms with E-state index in [1.165, 1.54) is 0 Å². The monoisotopic (exact) mass is 544 g/mol. The minimum Gasteiger partial charge on any atom is -0.375 e. The van der Waals surface area contributed by atoms with E-state index in [4.69, 9.17) is 4.74 Å². The van der Waals surface area contributed by atoms with Crippen LogP contribution in [-0.4, -0.2) is 64.1 Å². The van der Waals surface area contributed by atoms with Gasteiger partial charge in [-0.1, -0.05) is 36.4 Å². The van der Waals surface area contributed by atoms with Crippen molar-refractivity contribution < 1.29 is 23.1 Å². The number of benzene rings is 2. The lowest BCUT2D eigenvalue weighted by molar-refractivity contribution is -0.122. The van der Waals surface area contributed by atoms with Crippen molar-refractivity contribution in [1.29, 1.82) is 0 Å². The number of imide groups is 1. The summed E-state index contributed by atoms with van der Waals surface area (Å²) in [5.74, 6) is -3.37. The molecule has 1 N–H and O–H groups in total. The van der Waals surface area contributed by atoms with Crippen molar-refractivity contribution >= 4 is 44.8 Å². The van der Waals surface area contributed by atoms with E-state index >= 15 is 0 Å². The van der Waals surface area contributed by atoms with Gasteiger partial charge in [-0.3, -0.25) is 14.9 Å². The van der Waals surface area contributed by atoms with Crippen molar-refractivity contribution in [2.24, 2.45) is 0 Å². The molecule has 0 unspecified atom stereocenters. The van der Waals surface area contributed by atoms with Crippen molar-refractivity contribution in [2.75, 3.05) is 26.2 Å². The predicted molar refractivity (Wildman–Crippen MR) is 149 cm³/mol. The average Bonchev–Trinajstić information content (AvgIpc) is 3.58. The maximum atomic E-state index is 13.8. The zero-order valence-electron chi connectivity index (χ0n) is 22.0. The van der Waals surface area contributed by atoms with Crippen molar-refractivity contribution in [2.45, 2.75) is 44.4 Å². The molecule has 40 heavy (non-hydrogen) atoms. The lowest BCUT2D eigenvalue weighted by Crippen LogP contribution is -2.43. The van der Waals surface area contributed by atoms with Gasteiger partial charge in [-0.2, -0.15) is 0 Å². The summed E-state index contributed by atoms with van der Waals surface area (Å²) in [6.45, 7) is 2.91. The molecule has 0 radical (unpaired) electrons. The van der Waals surface area contributed by atoms with E-state index < -0.39 is 17.7 Å². The Morgan fingerprint density at radius 1 is 0.800 bits per heavy atom. The second-order valence-electron chi connectivity index (χ2n) is 11.0. The van der Waals surface area contributed by atoms with Gasteiger partial charge >= 0.3 is 0 Å². The maximum Gasteiger partial charge on any atom is 0.259 e. The van der Waals surface area contributed by atoms with Crippen molar-refractivity contribution in [3.63, 3.8) is 0 Å². The lowest BCUT2D eigenvalue weighted by atomic mass is 9.95. The Hall–Kier alpha value is -3.82. The first-order chi connectivity index (χ1) is 19.4. The molecule has 4 aromatic rings. The van der Waals surface area contributed by atoms with Crippen molar-refractivity contribution in [3.8, 4) is 0 Å². The van der Waals surface area contributed by atoms with Crippen LogP contribution < -0.4 is 5.32 Å². The SMILES string of the molecule is O=C1NC(=O)C2=C1c1cn(c3ccccc13)CCO[C@H](CN1CCC(F)(F)CC1)CCn1cc2c2ccccc21. The number of nitrogens with one attached hydrogen (secondary N) is 1. The van der Waals surface area contributed by atoms with Crippen LogP contribution in [0.2, 0.25) is 0 Å². The number of nitrogens with zero attached hydrogens (tertiary/aromatic N) is 3. The van der Waals surface area contributed by atoms with Gasteiger partial charge < -0.3 is 18.8 Å². The number of hydrogen-bond acceptors (Lipinski definition) is 4. The first-order valence-electron chi connectivity index (χ1n) is 13.9. The van der Waals surface area contributed by atoms with Crippen LogP contribution in [0.4, 0.5) is 8.78 Å². The molecule has 7 nitrogen and oxygen atoms in total. The highest BCUT2D eigenvalue weighted by molar-refractivity contribution is 6.50. The third-order valence-electron chi connectivity index (χ3n) is 8.47. The summed E-state index contributed by atoms with van der Waals surface area (Å²) >= 11 is 0. The van der Waals surface area contributed by atoms with Crippen LogP contribution in [0.25, 0.3) is 33.0 Å². The van der Waals surface area contributed by atoms with Crippen LogP contribution >= 0.6 is 0 Å². The molecule has 0 saturated carbocycles. The number of aromatic nitrogens is 2. The number of hydrogen-bond donors (Lipinski definition) is 1. The highest BCUT2D eigenvalue weighted by atomic mass is 19.3. The van der Waals surface area contributed by atoms with E-state index in [2.05, 4.69) is 19.4 Å². The second-order valence-corrected chi connectivity index (χ2v) is 11.0. The number of halogens is 2. The van der Waals surface area contributed by atoms with Gasteiger partial charge in [0.1, 0.15) is 0 Å². The molecule has 0 spiro atoms. The van der Waals surface area contributed by atoms with Crippen molar-refractivity contribution in [1.82, 2.24) is 19.4 Å². The molecule has 7 rings (SSSR count). The van der Waals surface area contributed by atoms with Crippen molar-refractivity contribution in [3.05, 3.63) is 72.1 Å². The van der Waals surface area contributed by atoms with E-state index in [-0.39, 0.29) is 18.9 Å². The molecular weight excluding hydrogens is 514 g/mol. The first kappa shape index (κ1) is 25.2. The number of aryl methyl sites for hydroxylation is 1. The Balaban J connectivity index is 1.35. The summed E-state index contributed by atoms with van der Waals surface area (Å²) < 4.78 is 38.2. The fourth-order valence-corrected chi connectivity index (χ4v) is 6.41. The summed E-state index contributed by atoms with van der Waals surface area (Å²) in [5.41, 5.74) is 4.13. The van der Waals surface area contributed by atoms with Gasteiger partial charge in [0.15, 0.2) is 0 Å². The van der Waals surface area contributed by atoms with Crippen LogP contribution in [0.5, 0.6) is 0 Å². The zero-order valence-corrected chi connectivity index (χ0v) is 22.0. The standard InChI is InChI=1S/C31H30F2N4O3/c32-31(33)10-13-35(14-11-31)17-20-9-12-36-18-23(21-5-1-3-7-25(21)36)27-28(30(39)34-29(27)38)24-19-37(15-16-40-20)26-8-4-2-6-22(24)26/h1-8,18-20H,9-17H2,(H,34,38,39)/t20-/m0/s1. The van der Waals surface area contributed by atoms with Gasteiger partial charge in [0.25, 0.3) is 17.7 Å². The number of carbonyl (C=O) groups excluding carboxylic acids is 2. The van der Waals surface area contributed by atoms with Crippen LogP contribution in [0, 0.1) is 0 Å². The second kappa shape index (κ2) is 9.67. The quantitative estimate of drug-likeness (QED) is 0.372. The summed E-state index contributed by atoms with van der Waals surface area (Å²) in [6, 6.07) is 15.7. The van der Waals surface area contributed by atoms with Gasteiger partial charge in [-0.15, -0.1) is 0 Å². The zero-order chi connectivity index (χ0) is 27.4. The molecule has 2 aromatic heterocycles. The Morgan fingerprint density at radius 2 is 1.35 bits per heavy atom. The number of fused-ring (bicyclic) bond motifs is 12. The highest BCUT2D eigenvalue weighted by Crippen LogP contribution is 2.39. The number of amides is 2. The van der Waals surface area contributed by atoms with E-state index in [0.29, 0.717) is 62.5 Å². The molecule has 2 amide bonds. The summed E-state index contributed by atoms with van der Waals surface area (Å²) in [4.78, 5) is 28.6. The first-order valence-corrected chi connectivity index (χ1v) is 13.9. The van der Waals surface area contributed by atoms with Crippen LogP contribution in [0.3, 0.4) is 0 Å². The molecule has 1 saturated heterocycles. The molecule has 3 aliphatic heterocycles. The minimum atomic E-state index is -2.59. The number of likely N-dealkylation sites (tertiary alicyclic amines) is 1. The Kier molecular flexibility index (Phi) is 6.09. The Bertz CT molecular complexity index is 1670. The molecule has 5 heterocycles. The number of carbonyl (C=O) groups is 2. The molecule has 206 valence electrons. The molecular formula is C31H30F2N4O3. The largest absolute Gasteiger partial charge is 0.375 e. The van der Waals surface area contributed by atoms with Gasteiger partial charge in [0, 0.05) is 90.9 Å². The molecule has 1 atom stereocenters. The molecule has 9 heteroatoms.